The first-order valence-electron chi connectivity index (χ1n) is 7.47. The number of hydrogen-bond acceptors (Lipinski definition) is 3. The number of rotatable bonds is 3. The minimum Gasteiger partial charge on any atom is -0.487 e. The number of carbonyl (C=O) groups is 1. The average molecular weight is 279 g/mol. The molecule has 0 spiro atoms. The quantitative estimate of drug-likeness (QED) is 0.851. The van der Waals surface area contributed by atoms with Crippen LogP contribution in [0.2, 0.25) is 0 Å². The molecule has 0 amide bonds. The number of nitriles is 1. The fourth-order valence-corrected chi connectivity index (χ4v) is 4.56. The smallest absolute Gasteiger partial charge is 0.139 e. The predicted molar refractivity (Wildman–Crippen MR) is 76.9 cm³/mol. The van der Waals surface area contributed by atoms with Gasteiger partial charge in [-0.25, -0.2) is 0 Å². The molecule has 1 saturated heterocycles. The summed E-state index contributed by atoms with van der Waals surface area (Å²) in [6.45, 7) is 1.59. The first kappa shape index (κ1) is 12.6. The van der Waals surface area contributed by atoms with Crippen molar-refractivity contribution in [2.75, 3.05) is 0 Å². The third-order valence-corrected chi connectivity index (χ3v) is 5.37. The van der Waals surface area contributed by atoms with Gasteiger partial charge in [0.25, 0.3) is 0 Å². The number of Topliss-reactive ketones (excluding diaryl/α,β-unsaturated/α-hetero) is 1. The zero-order chi connectivity index (χ0) is 14.7. The van der Waals surface area contributed by atoms with Crippen LogP contribution in [0.5, 0.6) is 0 Å². The van der Waals surface area contributed by atoms with E-state index in [0.29, 0.717) is 18.8 Å². The van der Waals surface area contributed by atoms with Crippen molar-refractivity contribution >= 4 is 5.78 Å². The molecular formula is C18H17NO2. The Labute approximate surface area is 124 Å². The van der Waals surface area contributed by atoms with Gasteiger partial charge in [-0.05, 0) is 24.5 Å². The molecule has 3 atom stereocenters. The molecule has 21 heavy (non-hydrogen) atoms. The fraction of sp³-hybridized carbons (Fsp3) is 0.444. The van der Waals surface area contributed by atoms with Gasteiger partial charge in [0.15, 0.2) is 0 Å². The maximum Gasteiger partial charge on any atom is 0.139 e. The molecule has 5 rings (SSSR count). The first-order valence-corrected chi connectivity index (χ1v) is 7.47. The van der Waals surface area contributed by atoms with E-state index in [2.05, 4.69) is 18.2 Å². The molecule has 2 aliphatic heterocycles. The molecule has 1 aromatic rings. The van der Waals surface area contributed by atoms with E-state index in [4.69, 9.17) is 4.74 Å². The summed E-state index contributed by atoms with van der Waals surface area (Å²) in [7, 11) is 0. The normalized spacial score (nSPS) is 35.7. The van der Waals surface area contributed by atoms with Gasteiger partial charge in [0.2, 0.25) is 0 Å². The second-order valence-electron chi connectivity index (χ2n) is 6.61. The standard InChI is InChI=1S/C18H17NO2/c1-12(20)7-15-16-8-14-9-17(15,11-19)10-18(14,21-16)13-5-3-2-4-6-13/h2-6,14H,7-10H2,1H3. The molecule has 106 valence electrons. The number of hydrogen-bond donors (Lipinski definition) is 0. The summed E-state index contributed by atoms with van der Waals surface area (Å²) >= 11 is 0. The van der Waals surface area contributed by atoms with E-state index in [1.165, 1.54) is 5.56 Å². The third kappa shape index (κ3) is 1.51. The number of ether oxygens (including phenoxy) is 1. The molecule has 2 fully saturated rings. The van der Waals surface area contributed by atoms with Crippen molar-refractivity contribution in [3.63, 3.8) is 0 Å². The lowest BCUT2D eigenvalue weighted by atomic mass is 9.72. The summed E-state index contributed by atoms with van der Waals surface area (Å²) in [5.41, 5.74) is 1.30. The van der Waals surface area contributed by atoms with Crippen LogP contribution >= 0.6 is 0 Å². The van der Waals surface area contributed by atoms with E-state index in [0.717, 1.165) is 24.2 Å². The van der Waals surface area contributed by atoms with Crippen LogP contribution in [0, 0.1) is 22.7 Å². The Hall–Kier alpha value is -2.08. The summed E-state index contributed by atoms with van der Waals surface area (Å²) in [6.07, 6.45) is 2.75. The largest absolute Gasteiger partial charge is 0.487 e. The lowest BCUT2D eigenvalue weighted by Gasteiger charge is -2.36. The van der Waals surface area contributed by atoms with Crippen molar-refractivity contribution in [2.24, 2.45) is 11.3 Å². The van der Waals surface area contributed by atoms with Crippen LogP contribution in [0.3, 0.4) is 0 Å². The monoisotopic (exact) mass is 279 g/mol. The Morgan fingerprint density at radius 1 is 1.43 bits per heavy atom. The highest BCUT2D eigenvalue weighted by molar-refractivity contribution is 5.79. The van der Waals surface area contributed by atoms with E-state index in [1.807, 2.05) is 18.2 Å². The van der Waals surface area contributed by atoms with E-state index in [-0.39, 0.29) is 11.4 Å². The highest BCUT2D eigenvalue weighted by Crippen LogP contribution is 2.69. The lowest BCUT2D eigenvalue weighted by molar-refractivity contribution is -0.116. The summed E-state index contributed by atoms with van der Waals surface area (Å²) < 4.78 is 6.34. The van der Waals surface area contributed by atoms with Crippen LogP contribution in [0.15, 0.2) is 41.7 Å². The van der Waals surface area contributed by atoms with E-state index in [9.17, 15) is 10.1 Å². The zero-order valence-corrected chi connectivity index (χ0v) is 12.1. The minimum atomic E-state index is -0.488. The van der Waals surface area contributed by atoms with E-state index < -0.39 is 5.41 Å². The Morgan fingerprint density at radius 2 is 2.19 bits per heavy atom. The van der Waals surface area contributed by atoms with Gasteiger partial charge in [0.05, 0.1) is 17.2 Å². The Bertz CT molecular complexity index is 700. The van der Waals surface area contributed by atoms with Gasteiger partial charge in [-0.2, -0.15) is 5.26 Å². The van der Waals surface area contributed by atoms with Crippen molar-refractivity contribution in [3.8, 4) is 6.07 Å². The highest BCUT2D eigenvalue weighted by atomic mass is 16.5. The van der Waals surface area contributed by atoms with Gasteiger partial charge < -0.3 is 4.74 Å². The SMILES string of the molecule is CC(=O)CC1=C2CC3CC1(C#N)CC3(c1ccccc1)O2. The van der Waals surface area contributed by atoms with Crippen molar-refractivity contribution in [2.45, 2.75) is 38.2 Å². The Kier molecular flexibility index (Phi) is 2.39. The maximum atomic E-state index is 11.6. The maximum absolute atomic E-state index is 11.6. The Balaban J connectivity index is 1.85. The topological polar surface area (TPSA) is 50.1 Å². The predicted octanol–water partition coefficient (Wildman–Crippen LogP) is 3.47. The molecule has 0 radical (unpaired) electrons. The van der Waals surface area contributed by atoms with Crippen LogP contribution in [0.4, 0.5) is 0 Å². The fourth-order valence-electron chi connectivity index (χ4n) is 4.56. The van der Waals surface area contributed by atoms with Gasteiger partial charge >= 0.3 is 0 Å². The minimum absolute atomic E-state index is 0.110. The molecule has 1 saturated carbocycles. The number of nitrogens with zero attached hydrogens (tertiary/aromatic N) is 1. The molecule has 4 bridgehead atoms. The molecule has 0 N–H and O–H groups in total. The van der Waals surface area contributed by atoms with Crippen molar-refractivity contribution in [1.82, 2.24) is 0 Å². The van der Waals surface area contributed by atoms with E-state index in [1.54, 1.807) is 6.92 Å². The number of benzene rings is 1. The van der Waals surface area contributed by atoms with Crippen LogP contribution in [-0.2, 0) is 15.1 Å². The highest BCUT2D eigenvalue weighted by Gasteiger charge is 2.66. The summed E-state index contributed by atoms with van der Waals surface area (Å²) in [5.74, 6) is 1.39. The van der Waals surface area contributed by atoms with Crippen LogP contribution < -0.4 is 0 Å². The molecular weight excluding hydrogens is 262 g/mol. The summed E-state index contributed by atoms with van der Waals surface area (Å²) in [5, 5.41) is 9.80. The summed E-state index contributed by atoms with van der Waals surface area (Å²) in [4.78, 5) is 11.6. The third-order valence-electron chi connectivity index (χ3n) is 5.37. The van der Waals surface area contributed by atoms with Crippen molar-refractivity contribution in [1.29, 1.82) is 5.26 Å². The molecule has 1 aromatic carbocycles. The molecule has 2 heterocycles. The number of allylic oxidation sites excluding steroid dienone is 2. The van der Waals surface area contributed by atoms with Crippen LogP contribution in [-0.4, -0.2) is 5.78 Å². The number of ketones is 1. The lowest BCUT2D eigenvalue weighted by Crippen LogP contribution is -2.33. The molecule has 3 heteroatoms. The van der Waals surface area contributed by atoms with Crippen LogP contribution in [0.1, 0.15) is 38.2 Å². The Morgan fingerprint density at radius 3 is 2.86 bits per heavy atom. The van der Waals surface area contributed by atoms with Crippen molar-refractivity contribution < 1.29 is 9.53 Å². The second kappa shape index (κ2) is 3.98. The van der Waals surface area contributed by atoms with Gasteiger partial charge in [-0.1, -0.05) is 30.3 Å². The van der Waals surface area contributed by atoms with Crippen molar-refractivity contribution in [3.05, 3.63) is 47.2 Å². The van der Waals surface area contributed by atoms with Gasteiger partial charge in [-0.3, -0.25) is 4.79 Å². The van der Waals surface area contributed by atoms with Gasteiger partial charge in [0, 0.05) is 25.2 Å². The number of carbonyl (C=O) groups excluding carboxylic acids is 1. The molecule has 4 aliphatic rings. The van der Waals surface area contributed by atoms with Gasteiger partial charge in [-0.15, -0.1) is 0 Å². The molecule has 3 nitrogen and oxygen atoms in total. The second-order valence-corrected chi connectivity index (χ2v) is 6.61. The zero-order valence-electron chi connectivity index (χ0n) is 12.1. The molecule has 2 aliphatic carbocycles. The average Bonchev–Trinajstić information content (AvgIpc) is 2.92. The van der Waals surface area contributed by atoms with Crippen LogP contribution in [0.25, 0.3) is 0 Å². The first-order chi connectivity index (χ1) is 10.1. The molecule has 0 aromatic heterocycles. The van der Waals surface area contributed by atoms with E-state index >= 15 is 0 Å². The molecule has 3 unspecified atom stereocenters. The van der Waals surface area contributed by atoms with Gasteiger partial charge in [0.1, 0.15) is 11.4 Å². The summed E-state index contributed by atoms with van der Waals surface area (Å²) in [6, 6.07) is 12.8.